The average Bonchev–Trinajstić information content (AvgIpc) is 3.19. The van der Waals surface area contributed by atoms with Crippen LogP contribution in [-0.4, -0.2) is 25.5 Å². The maximum atomic E-state index is 5.70. The van der Waals surface area contributed by atoms with E-state index in [0.29, 0.717) is 5.92 Å². The fraction of sp³-hybridized carbons (Fsp3) is 0.957. The van der Waals surface area contributed by atoms with Gasteiger partial charge in [-0.3, -0.25) is 4.99 Å². The van der Waals surface area contributed by atoms with Crippen LogP contribution in [0, 0.1) is 5.92 Å². The maximum Gasteiger partial charge on any atom is 0.0995 e. The van der Waals surface area contributed by atoms with Gasteiger partial charge < -0.3 is 11.1 Å². The van der Waals surface area contributed by atoms with Gasteiger partial charge in [0.2, 0.25) is 0 Å². The fourth-order valence-corrected chi connectivity index (χ4v) is 4.06. The highest BCUT2D eigenvalue weighted by Gasteiger charge is 2.17. The van der Waals surface area contributed by atoms with Crippen LogP contribution in [0.4, 0.5) is 0 Å². The molecule has 0 fully saturated rings. The lowest BCUT2D eigenvalue weighted by Crippen LogP contribution is -2.27. The van der Waals surface area contributed by atoms with Gasteiger partial charge in [-0.2, -0.15) is 0 Å². The second kappa shape index (κ2) is 17.8. The van der Waals surface area contributed by atoms with Gasteiger partial charge in [0.25, 0.3) is 0 Å². The molecule has 0 radical (unpaired) electrons. The number of amidine groups is 1. The number of nitrogens with one attached hydrogen (secondary N) is 1. The Balaban J connectivity index is 1.87. The van der Waals surface area contributed by atoms with Crippen molar-refractivity contribution >= 4 is 5.84 Å². The average molecular weight is 366 g/mol. The number of nitrogens with two attached hydrogens (primary N) is 1. The SMILES string of the molecule is CCCCCCCCCCCCCCCCC(CCCN)C1=NCCN1. The first-order valence-electron chi connectivity index (χ1n) is 11.9. The van der Waals surface area contributed by atoms with E-state index >= 15 is 0 Å². The van der Waals surface area contributed by atoms with E-state index in [9.17, 15) is 0 Å². The third-order valence-electron chi connectivity index (χ3n) is 5.75. The van der Waals surface area contributed by atoms with Crippen LogP contribution < -0.4 is 11.1 Å². The zero-order valence-corrected chi connectivity index (χ0v) is 17.7. The van der Waals surface area contributed by atoms with Crippen LogP contribution in [0.3, 0.4) is 0 Å². The predicted octanol–water partition coefficient (Wildman–Crippen LogP) is 6.21. The molecule has 1 rings (SSSR count). The van der Waals surface area contributed by atoms with Crippen molar-refractivity contribution in [1.82, 2.24) is 5.32 Å². The summed E-state index contributed by atoms with van der Waals surface area (Å²) in [5.74, 6) is 1.91. The van der Waals surface area contributed by atoms with E-state index in [-0.39, 0.29) is 0 Å². The van der Waals surface area contributed by atoms with Crippen LogP contribution in [0.15, 0.2) is 4.99 Å². The quantitative estimate of drug-likeness (QED) is 0.267. The molecule has 0 aliphatic carbocycles. The molecule has 3 heteroatoms. The van der Waals surface area contributed by atoms with Crippen molar-refractivity contribution in [2.24, 2.45) is 16.6 Å². The third-order valence-corrected chi connectivity index (χ3v) is 5.75. The molecule has 1 heterocycles. The number of unbranched alkanes of at least 4 members (excludes halogenated alkanes) is 13. The van der Waals surface area contributed by atoms with Crippen molar-refractivity contribution in [3.05, 3.63) is 0 Å². The molecule has 0 aromatic rings. The van der Waals surface area contributed by atoms with Gasteiger partial charge in [-0.05, 0) is 25.8 Å². The molecule has 0 saturated carbocycles. The minimum atomic E-state index is 0.637. The van der Waals surface area contributed by atoms with Crippen molar-refractivity contribution in [1.29, 1.82) is 0 Å². The molecule has 3 nitrogen and oxygen atoms in total. The van der Waals surface area contributed by atoms with Gasteiger partial charge >= 0.3 is 0 Å². The van der Waals surface area contributed by atoms with Crippen LogP contribution in [0.2, 0.25) is 0 Å². The first kappa shape index (κ1) is 23.5. The lowest BCUT2D eigenvalue weighted by atomic mass is 9.94. The number of nitrogens with zero attached hydrogens (tertiary/aromatic N) is 1. The van der Waals surface area contributed by atoms with E-state index in [1.165, 1.54) is 109 Å². The van der Waals surface area contributed by atoms with Crippen molar-refractivity contribution in [2.75, 3.05) is 19.6 Å². The minimum absolute atomic E-state index is 0.637. The fourth-order valence-electron chi connectivity index (χ4n) is 4.06. The lowest BCUT2D eigenvalue weighted by Gasteiger charge is -2.17. The maximum absolute atomic E-state index is 5.70. The summed E-state index contributed by atoms with van der Waals surface area (Å²) in [4.78, 5) is 4.64. The highest BCUT2D eigenvalue weighted by molar-refractivity contribution is 5.85. The second-order valence-corrected chi connectivity index (χ2v) is 8.21. The Labute approximate surface area is 164 Å². The van der Waals surface area contributed by atoms with Crippen LogP contribution >= 0.6 is 0 Å². The number of hydrogen-bond donors (Lipinski definition) is 2. The molecule has 0 aromatic carbocycles. The number of aliphatic imine (C=N–C) groups is 1. The molecule has 0 bridgehead atoms. The van der Waals surface area contributed by atoms with Crippen molar-refractivity contribution < 1.29 is 0 Å². The summed E-state index contributed by atoms with van der Waals surface area (Å²) in [6.07, 6.45) is 23.7. The molecule has 1 aliphatic rings. The van der Waals surface area contributed by atoms with Gasteiger partial charge in [0.05, 0.1) is 12.4 Å². The molecule has 0 spiro atoms. The smallest absolute Gasteiger partial charge is 0.0995 e. The number of rotatable bonds is 19. The van der Waals surface area contributed by atoms with Crippen LogP contribution in [-0.2, 0) is 0 Å². The van der Waals surface area contributed by atoms with Gasteiger partial charge in [0, 0.05) is 12.5 Å². The molecule has 154 valence electrons. The molecule has 3 N–H and O–H groups in total. The summed E-state index contributed by atoms with van der Waals surface area (Å²) in [7, 11) is 0. The van der Waals surface area contributed by atoms with Crippen LogP contribution in [0.1, 0.15) is 116 Å². The van der Waals surface area contributed by atoms with Crippen LogP contribution in [0.5, 0.6) is 0 Å². The van der Waals surface area contributed by atoms with Gasteiger partial charge in [0.15, 0.2) is 0 Å². The van der Waals surface area contributed by atoms with E-state index < -0.39 is 0 Å². The Kier molecular flexibility index (Phi) is 16.1. The standard InChI is InChI=1S/C23H47N3/c1-2-3-4-5-6-7-8-9-10-11-12-13-14-15-17-22(18-16-19-24)23-25-20-21-26-23/h22H,2-21,24H2,1H3,(H,25,26). The third kappa shape index (κ3) is 12.7. The summed E-state index contributed by atoms with van der Waals surface area (Å²) in [6.45, 7) is 5.10. The molecular formula is C23H47N3. The summed E-state index contributed by atoms with van der Waals surface area (Å²) >= 11 is 0. The summed E-state index contributed by atoms with van der Waals surface area (Å²) in [5.41, 5.74) is 5.70. The highest BCUT2D eigenvalue weighted by atomic mass is 15.1. The van der Waals surface area contributed by atoms with Gasteiger partial charge in [-0.25, -0.2) is 0 Å². The molecule has 1 aliphatic heterocycles. The van der Waals surface area contributed by atoms with E-state index in [4.69, 9.17) is 5.73 Å². The Bertz CT molecular complexity index is 327. The predicted molar refractivity (Wildman–Crippen MR) is 117 cm³/mol. The Morgan fingerprint density at radius 2 is 1.27 bits per heavy atom. The first-order chi connectivity index (χ1) is 12.9. The zero-order valence-electron chi connectivity index (χ0n) is 17.7. The molecule has 1 atom stereocenters. The monoisotopic (exact) mass is 365 g/mol. The topological polar surface area (TPSA) is 50.4 Å². The minimum Gasteiger partial charge on any atom is -0.372 e. The van der Waals surface area contributed by atoms with Crippen molar-refractivity contribution in [3.63, 3.8) is 0 Å². The normalized spacial score (nSPS) is 15.1. The van der Waals surface area contributed by atoms with Crippen LogP contribution in [0.25, 0.3) is 0 Å². The molecular weight excluding hydrogens is 318 g/mol. The van der Waals surface area contributed by atoms with E-state index in [1.807, 2.05) is 0 Å². The lowest BCUT2D eigenvalue weighted by molar-refractivity contribution is 0.492. The highest BCUT2D eigenvalue weighted by Crippen LogP contribution is 2.19. The second-order valence-electron chi connectivity index (χ2n) is 8.21. The molecule has 26 heavy (non-hydrogen) atoms. The Hall–Kier alpha value is -0.570. The summed E-state index contributed by atoms with van der Waals surface area (Å²) < 4.78 is 0. The molecule has 1 unspecified atom stereocenters. The molecule has 0 amide bonds. The van der Waals surface area contributed by atoms with Crippen molar-refractivity contribution in [3.8, 4) is 0 Å². The summed E-state index contributed by atoms with van der Waals surface area (Å²) in [5, 5.41) is 3.47. The van der Waals surface area contributed by atoms with Gasteiger partial charge in [0.1, 0.15) is 0 Å². The Morgan fingerprint density at radius 1 is 0.769 bits per heavy atom. The summed E-state index contributed by atoms with van der Waals surface area (Å²) in [6, 6.07) is 0. The van der Waals surface area contributed by atoms with Crippen molar-refractivity contribution in [2.45, 2.75) is 116 Å². The largest absolute Gasteiger partial charge is 0.372 e. The molecule has 0 aromatic heterocycles. The van der Waals surface area contributed by atoms with Gasteiger partial charge in [-0.1, -0.05) is 96.8 Å². The Morgan fingerprint density at radius 3 is 1.73 bits per heavy atom. The first-order valence-corrected chi connectivity index (χ1v) is 11.9. The van der Waals surface area contributed by atoms with E-state index in [2.05, 4.69) is 17.2 Å². The van der Waals surface area contributed by atoms with E-state index in [0.717, 1.165) is 26.1 Å². The molecule has 0 saturated heterocycles. The van der Waals surface area contributed by atoms with Gasteiger partial charge in [-0.15, -0.1) is 0 Å². The zero-order chi connectivity index (χ0) is 18.7. The van der Waals surface area contributed by atoms with E-state index in [1.54, 1.807) is 0 Å². The number of hydrogen-bond acceptors (Lipinski definition) is 3.